The molecule has 2 aromatic carbocycles. The van der Waals surface area contributed by atoms with E-state index < -0.39 is 28.7 Å². The van der Waals surface area contributed by atoms with E-state index in [2.05, 4.69) is 10.6 Å². The number of hydrogen-bond acceptors (Lipinski definition) is 5. The molecule has 0 aliphatic carbocycles. The first kappa shape index (κ1) is 18.6. The van der Waals surface area contributed by atoms with Crippen molar-refractivity contribution in [2.75, 3.05) is 11.9 Å². The van der Waals surface area contributed by atoms with Crippen molar-refractivity contribution in [3.05, 3.63) is 64.6 Å². The second-order valence-electron chi connectivity index (χ2n) is 5.39. The summed E-state index contributed by atoms with van der Waals surface area (Å²) in [5.41, 5.74) is 0.798. The summed E-state index contributed by atoms with van der Waals surface area (Å²) in [6.07, 6.45) is 1.56. The molecule has 9 heteroatoms. The molecule has 3 rings (SSSR count). The molecular formula is C18H12F2N2O4S. The summed E-state index contributed by atoms with van der Waals surface area (Å²) in [5, 5.41) is 4.13. The van der Waals surface area contributed by atoms with Crippen LogP contribution in [0.5, 0.6) is 5.75 Å². The lowest BCUT2D eigenvalue weighted by Gasteiger charge is -2.08. The van der Waals surface area contributed by atoms with Crippen molar-refractivity contribution >= 4 is 40.6 Å². The molecule has 1 aliphatic heterocycles. The van der Waals surface area contributed by atoms with Gasteiger partial charge in [0.2, 0.25) is 0 Å². The lowest BCUT2D eigenvalue weighted by molar-refractivity contribution is -0.118. The zero-order valence-corrected chi connectivity index (χ0v) is 14.4. The minimum atomic E-state index is -1.06. The Labute approximate surface area is 156 Å². The zero-order valence-electron chi connectivity index (χ0n) is 13.6. The van der Waals surface area contributed by atoms with E-state index >= 15 is 0 Å². The average molecular weight is 390 g/mol. The fourth-order valence-electron chi connectivity index (χ4n) is 2.15. The fourth-order valence-corrected chi connectivity index (χ4v) is 2.83. The maximum Gasteiger partial charge on any atom is 0.290 e. The van der Waals surface area contributed by atoms with Gasteiger partial charge in [0.1, 0.15) is 5.75 Å². The highest BCUT2D eigenvalue weighted by molar-refractivity contribution is 8.18. The summed E-state index contributed by atoms with van der Waals surface area (Å²) in [4.78, 5) is 34.7. The van der Waals surface area contributed by atoms with Crippen LogP contribution in [0.3, 0.4) is 0 Å². The molecule has 138 valence electrons. The minimum absolute atomic E-state index is 0.117. The van der Waals surface area contributed by atoms with Crippen LogP contribution in [0, 0.1) is 11.6 Å². The number of carbonyl (C=O) groups is 3. The first-order valence-electron chi connectivity index (χ1n) is 7.63. The van der Waals surface area contributed by atoms with Gasteiger partial charge in [0.15, 0.2) is 18.2 Å². The fraction of sp³-hybridized carbons (Fsp3) is 0.0556. The van der Waals surface area contributed by atoms with Gasteiger partial charge in [-0.1, -0.05) is 12.1 Å². The van der Waals surface area contributed by atoms with Crippen LogP contribution in [0.25, 0.3) is 6.08 Å². The molecular weight excluding hydrogens is 378 g/mol. The number of nitrogens with one attached hydrogen (secondary N) is 2. The van der Waals surface area contributed by atoms with Crippen molar-refractivity contribution in [2.24, 2.45) is 0 Å². The number of benzene rings is 2. The molecule has 0 radical (unpaired) electrons. The standard InChI is InChI=1S/C18H12F2N2O4S/c19-13-6-3-11(8-14(13)20)21-16(23)9-26-12-4-1-10(2-5-12)7-15-17(24)22-18(25)27-15/h1-8H,9H2,(H,21,23)(H,22,24,25)/b15-7-. The van der Waals surface area contributed by atoms with E-state index in [0.717, 1.165) is 23.9 Å². The highest BCUT2D eigenvalue weighted by atomic mass is 32.2. The third-order valence-electron chi connectivity index (χ3n) is 3.39. The number of rotatable bonds is 5. The predicted molar refractivity (Wildman–Crippen MR) is 96.0 cm³/mol. The molecule has 0 atom stereocenters. The number of thioether (sulfide) groups is 1. The van der Waals surface area contributed by atoms with Gasteiger partial charge < -0.3 is 10.1 Å². The Balaban J connectivity index is 1.54. The van der Waals surface area contributed by atoms with Gasteiger partial charge in [0.25, 0.3) is 17.1 Å². The highest BCUT2D eigenvalue weighted by Gasteiger charge is 2.24. The number of imide groups is 1. The SMILES string of the molecule is O=C(COc1ccc(/C=C2\SC(=O)NC2=O)cc1)Nc1ccc(F)c(F)c1. The van der Waals surface area contributed by atoms with Gasteiger partial charge in [-0.3, -0.25) is 19.7 Å². The van der Waals surface area contributed by atoms with Crippen LogP contribution in [0.4, 0.5) is 19.3 Å². The highest BCUT2D eigenvalue weighted by Crippen LogP contribution is 2.26. The maximum absolute atomic E-state index is 13.1. The topological polar surface area (TPSA) is 84.5 Å². The van der Waals surface area contributed by atoms with E-state index in [1.54, 1.807) is 30.3 Å². The number of anilines is 1. The predicted octanol–water partition coefficient (Wildman–Crippen LogP) is 3.31. The first-order chi connectivity index (χ1) is 12.9. The van der Waals surface area contributed by atoms with E-state index in [4.69, 9.17) is 4.74 Å². The summed E-state index contributed by atoms with van der Waals surface area (Å²) in [5.74, 6) is -2.65. The lowest BCUT2D eigenvalue weighted by Crippen LogP contribution is -2.20. The quantitative estimate of drug-likeness (QED) is 0.766. The van der Waals surface area contributed by atoms with Crippen molar-refractivity contribution in [2.45, 2.75) is 0 Å². The van der Waals surface area contributed by atoms with Gasteiger partial charge in [-0.2, -0.15) is 0 Å². The molecule has 1 heterocycles. The molecule has 1 fully saturated rings. The van der Waals surface area contributed by atoms with Crippen LogP contribution in [0.15, 0.2) is 47.4 Å². The average Bonchev–Trinajstić information content (AvgIpc) is 2.95. The number of amides is 3. The van der Waals surface area contributed by atoms with Crippen molar-refractivity contribution in [1.29, 1.82) is 0 Å². The summed E-state index contributed by atoms with van der Waals surface area (Å²) in [6.45, 7) is -0.327. The molecule has 0 bridgehead atoms. The van der Waals surface area contributed by atoms with Crippen LogP contribution in [0.1, 0.15) is 5.56 Å². The Hall–Kier alpha value is -3.20. The molecule has 6 nitrogen and oxygen atoms in total. The molecule has 27 heavy (non-hydrogen) atoms. The van der Waals surface area contributed by atoms with Crippen LogP contribution >= 0.6 is 11.8 Å². The van der Waals surface area contributed by atoms with Gasteiger partial charge in [0.05, 0.1) is 4.91 Å². The van der Waals surface area contributed by atoms with Gasteiger partial charge >= 0.3 is 0 Å². The van der Waals surface area contributed by atoms with E-state index in [9.17, 15) is 23.2 Å². The summed E-state index contributed by atoms with van der Waals surface area (Å²) >= 11 is 0.817. The van der Waals surface area contributed by atoms with Crippen molar-refractivity contribution < 1.29 is 27.9 Å². The molecule has 0 saturated carbocycles. The Kier molecular flexibility index (Phi) is 5.51. The second-order valence-corrected chi connectivity index (χ2v) is 6.40. The Morgan fingerprint density at radius 3 is 2.48 bits per heavy atom. The third kappa shape index (κ3) is 4.91. The number of ether oxygens (including phenoxy) is 1. The van der Waals surface area contributed by atoms with Crippen LogP contribution in [-0.2, 0) is 9.59 Å². The summed E-state index contributed by atoms with van der Waals surface area (Å²) in [6, 6.07) is 9.53. The monoisotopic (exact) mass is 390 g/mol. The Bertz CT molecular complexity index is 945. The molecule has 3 amide bonds. The van der Waals surface area contributed by atoms with E-state index in [-0.39, 0.29) is 12.3 Å². The van der Waals surface area contributed by atoms with Gasteiger partial charge in [-0.25, -0.2) is 8.78 Å². The zero-order chi connectivity index (χ0) is 19.4. The maximum atomic E-state index is 13.1. The number of carbonyl (C=O) groups excluding carboxylic acids is 3. The van der Waals surface area contributed by atoms with Gasteiger partial charge in [0, 0.05) is 11.8 Å². The van der Waals surface area contributed by atoms with Crippen molar-refractivity contribution in [3.8, 4) is 5.75 Å². The second kappa shape index (κ2) is 8.00. The Morgan fingerprint density at radius 2 is 1.85 bits per heavy atom. The minimum Gasteiger partial charge on any atom is -0.484 e. The third-order valence-corrected chi connectivity index (χ3v) is 4.20. The molecule has 2 aromatic rings. The molecule has 1 saturated heterocycles. The molecule has 0 spiro atoms. The molecule has 2 N–H and O–H groups in total. The van der Waals surface area contributed by atoms with Gasteiger partial charge in [-0.15, -0.1) is 0 Å². The smallest absolute Gasteiger partial charge is 0.290 e. The van der Waals surface area contributed by atoms with E-state index in [1.165, 1.54) is 6.07 Å². The molecule has 1 aliphatic rings. The Morgan fingerprint density at radius 1 is 1.11 bits per heavy atom. The van der Waals surface area contributed by atoms with Crippen LogP contribution in [0.2, 0.25) is 0 Å². The van der Waals surface area contributed by atoms with Gasteiger partial charge in [-0.05, 0) is 47.7 Å². The first-order valence-corrected chi connectivity index (χ1v) is 8.45. The lowest BCUT2D eigenvalue weighted by atomic mass is 10.2. The largest absolute Gasteiger partial charge is 0.484 e. The van der Waals surface area contributed by atoms with E-state index in [0.29, 0.717) is 16.2 Å². The normalized spacial score (nSPS) is 15.0. The number of hydrogen-bond donors (Lipinski definition) is 2. The van der Waals surface area contributed by atoms with Crippen LogP contribution in [-0.4, -0.2) is 23.7 Å². The van der Waals surface area contributed by atoms with Crippen molar-refractivity contribution in [3.63, 3.8) is 0 Å². The molecule has 0 unspecified atom stereocenters. The molecule has 0 aromatic heterocycles. The van der Waals surface area contributed by atoms with Crippen LogP contribution < -0.4 is 15.4 Å². The summed E-state index contributed by atoms with van der Waals surface area (Å²) < 4.78 is 31.3. The summed E-state index contributed by atoms with van der Waals surface area (Å²) in [7, 11) is 0. The van der Waals surface area contributed by atoms with Crippen molar-refractivity contribution in [1.82, 2.24) is 5.32 Å². The van der Waals surface area contributed by atoms with E-state index in [1.807, 2.05) is 0 Å². The number of halogens is 2.